The predicted molar refractivity (Wildman–Crippen MR) is 245 cm³/mol. The van der Waals surface area contributed by atoms with Gasteiger partial charge in [0.15, 0.2) is 0 Å². The van der Waals surface area contributed by atoms with Crippen LogP contribution in [0.25, 0.3) is 82.5 Å². The third kappa shape index (κ3) is 3.90. The second-order valence-corrected chi connectivity index (χ2v) is 17.1. The Hall–Kier alpha value is -7.27. The minimum absolute atomic E-state index is 0.555. The van der Waals surface area contributed by atoms with E-state index >= 15 is 0 Å². The molecule has 274 valence electrons. The highest BCUT2D eigenvalue weighted by Gasteiger charge is 2.50. The van der Waals surface area contributed by atoms with Gasteiger partial charge < -0.3 is 13.7 Å². The van der Waals surface area contributed by atoms with E-state index in [-0.39, 0.29) is 0 Å². The lowest BCUT2D eigenvalue weighted by Gasteiger charge is -2.45. The third-order valence-corrected chi connectivity index (χ3v) is 14.5. The Kier molecular flexibility index (Phi) is 6.16. The molecule has 14 rings (SSSR count). The fourth-order valence-electron chi connectivity index (χ4n) is 11.1. The number of aromatic nitrogens is 3. The summed E-state index contributed by atoms with van der Waals surface area (Å²) in [4.78, 5) is 2.60. The fraction of sp³-hybridized carbons (Fsp3) is 0.0182. The molecule has 1 spiro atoms. The van der Waals surface area contributed by atoms with Gasteiger partial charge in [0.1, 0.15) is 0 Å². The fourth-order valence-corrected chi connectivity index (χ4v) is 12.4. The van der Waals surface area contributed by atoms with Gasteiger partial charge in [-0.3, -0.25) is 0 Å². The first-order valence-electron chi connectivity index (χ1n) is 20.4. The minimum atomic E-state index is -0.555. The Morgan fingerprint density at radius 2 is 0.898 bits per heavy atom. The van der Waals surface area contributed by atoms with Crippen LogP contribution >= 0.6 is 11.8 Å². The molecule has 0 amide bonds. The molecule has 0 bridgehead atoms. The number of fused-ring (bicyclic) bond motifs is 18. The number of nitrogens with zero attached hydrogens (tertiary/aromatic N) is 3. The lowest BCUT2D eigenvalue weighted by Crippen LogP contribution is -2.37. The molecule has 0 saturated carbocycles. The molecule has 1 unspecified atom stereocenters. The third-order valence-electron chi connectivity index (χ3n) is 13.3. The summed E-state index contributed by atoms with van der Waals surface area (Å²) in [6.45, 7) is 0. The van der Waals surface area contributed by atoms with E-state index in [4.69, 9.17) is 0 Å². The van der Waals surface area contributed by atoms with Crippen molar-refractivity contribution in [3.63, 3.8) is 0 Å². The number of hydrogen-bond acceptors (Lipinski definition) is 1. The maximum absolute atomic E-state index is 2.55. The number of para-hydroxylation sites is 6. The zero-order valence-corrected chi connectivity index (χ0v) is 32.6. The van der Waals surface area contributed by atoms with E-state index in [1.165, 1.54) is 109 Å². The zero-order chi connectivity index (χ0) is 38.4. The van der Waals surface area contributed by atoms with E-state index in [1.54, 1.807) is 0 Å². The number of benzene rings is 9. The Morgan fingerprint density at radius 1 is 0.322 bits per heavy atom. The van der Waals surface area contributed by atoms with Gasteiger partial charge in [0.25, 0.3) is 0 Å². The number of hydrogen-bond donors (Lipinski definition) is 0. The van der Waals surface area contributed by atoms with Crippen molar-refractivity contribution >= 4 is 77.2 Å². The molecule has 3 nitrogen and oxygen atoms in total. The first-order valence-corrected chi connectivity index (χ1v) is 21.2. The molecule has 59 heavy (non-hydrogen) atoms. The van der Waals surface area contributed by atoms with Crippen LogP contribution in [0, 0.1) is 0 Å². The summed E-state index contributed by atoms with van der Waals surface area (Å²) in [5, 5.41) is 7.60. The second kappa shape index (κ2) is 11.4. The summed E-state index contributed by atoms with van der Waals surface area (Å²) < 4.78 is 7.49. The van der Waals surface area contributed by atoms with Gasteiger partial charge in [-0.05, 0) is 82.9 Å². The molecule has 5 heterocycles. The molecule has 4 heteroatoms. The highest BCUT2D eigenvalue weighted by molar-refractivity contribution is 7.99. The van der Waals surface area contributed by atoms with Crippen molar-refractivity contribution in [1.29, 1.82) is 0 Å². The van der Waals surface area contributed by atoms with Crippen LogP contribution in [-0.4, -0.2) is 13.7 Å². The Morgan fingerprint density at radius 3 is 1.69 bits per heavy atom. The van der Waals surface area contributed by atoms with Gasteiger partial charge in [-0.1, -0.05) is 151 Å². The van der Waals surface area contributed by atoms with Crippen molar-refractivity contribution in [2.24, 2.45) is 0 Å². The molecule has 1 atom stereocenters. The summed E-state index contributed by atoms with van der Waals surface area (Å²) >= 11 is 1.93. The molecule has 0 saturated heterocycles. The standard InChI is InChI=1S/C55H33N3S/c1-2-15-34(16-3-1)56-46-24-9-6-19-38(46)41-33-35(29-32-49(41)56)57-47-25-10-4-18-37(47)40-30-31-45-54(53(40)57)59-51-28-13-8-22-43(51)55(45)42-21-7-12-27-50(42)58-48-26-11-5-17-36(48)39-20-14-23-44(55)52(39)58/h1-33H. The molecule has 3 aromatic heterocycles. The highest BCUT2D eigenvalue weighted by Crippen LogP contribution is 2.62. The van der Waals surface area contributed by atoms with Crippen LogP contribution in [0.4, 0.5) is 0 Å². The van der Waals surface area contributed by atoms with Crippen LogP contribution < -0.4 is 0 Å². The van der Waals surface area contributed by atoms with Gasteiger partial charge >= 0.3 is 0 Å². The maximum Gasteiger partial charge on any atom is 0.0765 e. The molecule has 9 aromatic carbocycles. The van der Waals surface area contributed by atoms with Gasteiger partial charge in [-0.2, -0.15) is 0 Å². The monoisotopic (exact) mass is 767 g/mol. The molecule has 0 aliphatic carbocycles. The van der Waals surface area contributed by atoms with Gasteiger partial charge in [-0.25, -0.2) is 0 Å². The molecule has 0 radical (unpaired) electrons. The Balaban J connectivity index is 1.14. The molecular formula is C55H33N3S. The molecular weight excluding hydrogens is 735 g/mol. The van der Waals surface area contributed by atoms with Gasteiger partial charge in [0.2, 0.25) is 0 Å². The van der Waals surface area contributed by atoms with E-state index in [0.29, 0.717) is 0 Å². The summed E-state index contributed by atoms with van der Waals surface area (Å²) in [6.07, 6.45) is 0. The molecule has 0 N–H and O–H groups in total. The normalized spacial score (nSPS) is 15.5. The first-order chi connectivity index (χ1) is 29.3. The topological polar surface area (TPSA) is 14.8 Å². The SMILES string of the molecule is c1ccc(-n2c3ccccc3c3cc(-n4c5ccccc5c5ccc6c(c54)Sc4ccccc4C64c5ccccc5-n5c6ccccc6c6cccc4c65)ccc32)cc1. The molecule has 0 fully saturated rings. The largest absolute Gasteiger partial charge is 0.309 e. The average molecular weight is 768 g/mol. The predicted octanol–water partition coefficient (Wildman–Crippen LogP) is 14.1. The van der Waals surface area contributed by atoms with Crippen LogP contribution in [0.5, 0.6) is 0 Å². The van der Waals surface area contributed by atoms with Crippen molar-refractivity contribution in [3.8, 4) is 17.1 Å². The maximum atomic E-state index is 2.55. The second-order valence-electron chi connectivity index (χ2n) is 16.0. The van der Waals surface area contributed by atoms with Crippen LogP contribution in [0.15, 0.2) is 210 Å². The van der Waals surface area contributed by atoms with Crippen LogP contribution in [0.3, 0.4) is 0 Å². The highest BCUT2D eigenvalue weighted by atomic mass is 32.2. The van der Waals surface area contributed by atoms with Crippen LogP contribution in [0.2, 0.25) is 0 Å². The van der Waals surface area contributed by atoms with Gasteiger partial charge in [0.05, 0.1) is 44.2 Å². The molecule has 2 aliphatic heterocycles. The van der Waals surface area contributed by atoms with E-state index < -0.39 is 5.41 Å². The van der Waals surface area contributed by atoms with Crippen molar-refractivity contribution in [2.45, 2.75) is 15.2 Å². The van der Waals surface area contributed by atoms with Crippen molar-refractivity contribution in [3.05, 3.63) is 222 Å². The molecule has 12 aromatic rings. The van der Waals surface area contributed by atoms with Gasteiger partial charge in [0, 0.05) is 53.5 Å². The minimum Gasteiger partial charge on any atom is -0.309 e. The van der Waals surface area contributed by atoms with E-state index in [2.05, 4.69) is 214 Å². The smallest absolute Gasteiger partial charge is 0.0765 e. The summed E-state index contributed by atoms with van der Waals surface area (Å²) in [6, 6.07) is 74.7. The Labute approximate surface area is 344 Å². The van der Waals surface area contributed by atoms with Gasteiger partial charge in [-0.15, -0.1) is 0 Å². The van der Waals surface area contributed by atoms with Crippen molar-refractivity contribution < 1.29 is 0 Å². The van der Waals surface area contributed by atoms with E-state index in [0.717, 1.165) is 5.69 Å². The molecule has 2 aliphatic rings. The summed E-state index contributed by atoms with van der Waals surface area (Å²) in [5.74, 6) is 0. The number of rotatable bonds is 2. The van der Waals surface area contributed by atoms with Crippen LogP contribution in [0.1, 0.15) is 22.3 Å². The quantitative estimate of drug-likeness (QED) is 0.171. The van der Waals surface area contributed by atoms with E-state index in [1.807, 2.05) is 11.8 Å². The van der Waals surface area contributed by atoms with Crippen LogP contribution in [-0.2, 0) is 5.41 Å². The summed E-state index contributed by atoms with van der Waals surface area (Å²) in [5.41, 5.74) is 15.7. The average Bonchev–Trinajstić information content (AvgIpc) is 3.94. The summed E-state index contributed by atoms with van der Waals surface area (Å²) in [7, 11) is 0. The lowest BCUT2D eigenvalue weighted by atomic mass is 9.62. The van der Waals surface area contributed by atoms with E-state index in [9.17, 15) is 0 Å². The van der Waals surface area contributed by atoms with Crippen molar-refractivity contribution in [1.82, 2.24) is 13.7 Å². The Bertz CT molecular complexity index is 3770. The van der Waals surface area contributed by atoms with Crippen molar-refractivity contribution in [2.75, 3.05) is 0 Å². The zero-order valence-electron chi connectivity index (χ0n) is 31.8. The lowest BCUT2D eigenvalue weighted by molar-refractivity contribution is 0.691. The first kappa shape index (κ1) is 31.8.